The van der Waals surface area contributed by atoms with Gasteiger partial charge in [-0.25, -0.2) is 0 Å². The van der Waals surface area contributed by atoms with Crippen LogP contribution in [0.1, 0.15) is 125 Å². The van der Waals surface area contributed by atoms with Crippen molar-refractivity contribution in [3.8, 4) is 0 Å². The smallest absolute Gasteiger partial charge is 0.0345 e. The first kappa shape index (κ1) is 36.4. The molecule has 0 N–H and O–H groups in total. The van der Waals surface area contributed by atoms with Crippen LogP contribution in [-0.2, 0) is 0 Å². The quantitative estimate of drug-likeness (QED) is 0.176. The molecule has 6 heteroatoms. The topological polar surface area (TPSA) is 9.72 Å². The molecule has 2 aromatic carbocycles. The summed E-state index contributed by atoms with van der Waals surface area (Å²) >= 11 is 9.95. The standard InChI is InChI=1S/C44H65N3S3/c1-3-32-27-45(37-10-7-11-37)19-16-40(32)30(2)22-31-23-38(24-31)46-20-17-41(43(48)28-46)35-14-12-33(13-15-35)36-25-39(26-36)47-21-18-42(44(29-47)50-49)34-8-5-4-6-9-34/h4-6,8-9,12-15,30-32,36-44,48-49H,3,7,10-11,16-29H2,1-2H3/t30?,31?,32-,36?,38?,39?,40+,41?,42?,43-,44-/m0/s1. The summed E-state index contributed by atoms with van der Waals surface area (Å²) in [6.45, 7) is 12.6. The molecule has 3 saturated heterocycles. The van der Waals surface area contributed by atoms with Crippen LogP contribution in [0.15, 0.2) is 54.6 Å². The van der Waals surface area contributed by atoms with Gasteiger partial charge in [-0.05, 0) is 142 Å². The molecule has 3 aliphatic heterocycles. The molecule has 50 heavy (non-hydrogen) atoms. The highest BCUT2D eigenvalue weighted by molar-refractivity contribution is 8.68. The summed E-state index contributed by atoms with van der Waals surface area (Å²) in [5.41, 5.74) is 4.57. The number of hydrogen-bond donors (Lipinski definition) is 2. The molecule has 8 rings (SSSR count). The number of thiol groups is 2. The lowest BCUT2D eigenvalue weighted by Crippen LogP contribution is -2.52. The Morgan fingerprint density at radius 2 is 1.32 bits per heavy atom. The third-order valence-electron chi connectivity index (χ3n) is 15.1. The van der Waals surface area contributed by atoms with Crippen LogP contribution in [-0.4, -0.2) is 82.6 Å². The minimum Gasteiger partial charge on any atom is -0.300 e. The lowest BCUT2D eigenvalue weighted by molar-refractivity contribution is 0.00926. The molecule has 0 aromatic heterocycles. The Bertz CT molecular complexity index is 1360. The molecule has 3 unspecified atom stereocenters. The zero-order chi connectivity index (χ0) is 34.2. The first-order valence-electron chi connectivity index (χ1n) is 20.8. The minimum atomic E-state index is 0.447. The van der Waals surface area contributed by atoms with Crippen molar-refractivity contribution >= 4 is 35.1 Å². The van der Waals surface area contributed by atoms with Crippen molar-refractivity contribution in [1.82, 2.24) is 14.7 Å². The van der Waals surface area contributed by atoms with Gasteiger partial charge in [0.15, 0.2) is 0 Å². The molecule has 2 aromatic rings. The largest absolute Gasteiger partial charge is 0.300 e. The Morgan fingerprint density at radius 3 is 1.98 bits per heavy atom. The summed E-state index contributed by atoms with van der Waals surface area (Å²) in [5, 5.41) is 1.02. The average molecular weight is 732 g/mol. The van der Waals surface area contributed by atoms with E-state index in [1.165, 1.54) is 121 Å². The zero-order valence-corrected chi connectivity index (χ0v) is 33.6. The maximum Gasteiger partial charge on any atom is 0.0345 e. The minimum absolute atomic E-state index is 0.447. The maximum atomic E-state index is 5.24. The van der Waals surface area contributed by atoms with Gasteiger partial charge in [0.2, 0.25) is 0 Å². The summed E-state index contributed by atoms with van der Waals surface area (Å²) in [6, 6.07) is 23.5. The van der Waals surface area contributed by atoms with Crippen molar-refractivity contribution in [2.24, 2.45) is 23.7 Å². The molecule has 3 saturated carbocycles. The summed E-state index contributed by atoms with van der Waals surface area (Å²) in [4.78, 5) is 8.47. The molecule has 0 bridgehead atoms. The predicted molar refractivity (Wildman–Crippen MR) is 221 cm³/mol. The molecule has 6 aliphatic rings. The Labute approximate surface area is 319 Å². The van der Waals surface area contributed by atoms with Crippen LogP contribution in [0.25, 0.3) is 0 Å². The molecule has 6 fully saturated rings. The molecule has 3 aliphatic carbocycles. The second kappa shape index (κ2) is 16.4. The zero-order valence-electron chi connectivity index (χ0n) is 31.0. The summed E-state index contributed by atoms with van der Waals surface area (Å²) < 4.78 is 0. The summed E-state index contributed by atoms with van der Waals surface area (Å²) in [7, 11) is 1.78. The molecular weight excluding hydrogens is 667 g/mol. The lowest BCUT2D eigenvalue weighted by atomic mass is 9.68. The van der Waals surface area contributed by atoms with Crippen LogP contribution in [0.5, 0.6) is 0 Å². The Kier molecular flexibility index (Phi) is 11.9. The van der Waals surface area contributed by atoms with Crippen molar-refractivity contribution in [2.45, 2.75) is 137 Å². The van der Waals surface area contributed by atoms with Crippen molar-refractivity contribution in [2.75, 3.05) is 39.3 Å². The van der Waals surface area contributed by atoms with E-state index in [-0.39, 0.29) is 0 Å². The van der Waals surface area contributed by atoms with Crippen LogP contribution in [0, 0.1) is 23.7 Å². The third-order valence-corrected chi connectivity index (χ3v) is 17.2. The van der Waals surface area contributed by atoms with Crippen LogP contribution < -0.4 is 0 Å². The Balaban J connectivity index is 0.759. The van der Waals surface area contributed by atoms with E-state index in [0.717, 1.165) is 54.3 Å². The molecule has 3 heterocycles. The Morgan fingerprint density at radius 1 is 0.700 bits per heavy atom. The van der Waals surface area contributed by atoms with E-state index in [1.54, 1.807) is 16.4 Å². The molecule has 0 radical (unpaired) electrons. The number of nitrogens with zero attached hydrogens (tertiary/aromatic N) is 3. The fraction of sp³-hybridized carbons (Fsp3) is 0.727. The van der Waals surface area contributed by atoms with Gasteiger partial charge >= 0.3 is 0 Å². The highest BCUT2D eigenvalue weighted by Crippen LogP contribution is 2.46. The van der Waals surface area contributed by atoms with Gasteiger partial charge in [-0.1, -0.05) is 92.1 Å². The van der Waals surface area contributed by atoms with Crippen molar-refractivity contribution in [3.05, 3.63) is 71.3 Å². The number of benzene rings is 2. The third kappa shape index (κ3) is 7.79. The van der Waals surface area contributed by atoms with Crippen LogP contribution in [0.3, 0.4) is 0 Å². The second-order valence-corrected chi connectivity index (χ2v) is 19.9. The van der Waals surface area contributed by atoms with Crippen molar-refractivity contribution in [1.29, 1.82) is 0 Å². The van der Waals surface area contributed by atoms with E-state index >= 15 is 0 Å². The van der Waals surface area contributed by atoms with Crippen molar-refractivity contribution < 1.29 is 0 Å². The maximum absolute atomic E-state index is 5.24. The van der Waals surface area contributed by atoms with Gasteiger partial charge in [0.05, 0.1) is 0 Å². The van der Waals surface area contributed by atoms with Gasteiger partial charge in [-0.2, -0.15) is 12.6 Å². The van der Waals surface area contributed by atoms with Crippen LogP contribution in [0.2, 0.25) is 0 Å². The summed E-state index contributed by atoms with van der Waals surface area (Å²) in [6.07, 6.45) is 16.7. The molecule has 7 atom stereocenters. The lowest BCUT2D eigenvalue weighted by Gasteiger charge is -2.50. The number of hydrogen-bond acceptors (Lipinski definition) is 6. The fourth-order valence-electron chi connectivity index (χ4n) is 11.5. The normalized spacial score (nSPS) is 38.2. The molecule has 274 valence electrons. The highest BCUT2D eigenvalue weighted by Gasteiger charge is 2.42. The first-order valence-corrected chi connectivity index (χ1v) is 23.3. The van der Waals surface area contributed by atoms with E-state index in [4.69, 9.17) is 24.3 Å². The monoisotopic (exact) mass is 731 g/mol. The highest BCUT2D eigenvalue weighted by atomic mass is 33.1. The Hall–Kier alpha value is -0.630. The SMILES string of the molecule is CC[C@H]1CN(C2CCC2)CC[C@@H]1C(C)CC1CC(N2CCC(c3ccc(C4CC(N5CCC(c6ccccc6)[C@@H](SS)C5)C4)cc3)[C@@H](S)C2)C1. The number of likely N-dealkylation sites (tertiary alicyclic amines) is 3. The first-order chi connectivity index (χ1) is 24.5. The van der Waals surface area contributed by atoms with Crippen LogP contribution >= 0.6 is 35.1 Å². The number of rotatable bonds is 11. The van der Waals surface area contributed by atoms with E-state index in [2.05, 4.69) is 83.1 Å². The molecular formula is C44H65N3S3. The van der Waals surface area contributed by atoms with E-state index < -0.39 is 0 Å². The second-order valence-electron chi connectivity index (χ2n) is 17.8. The van der Waals surface area contributed by atoms with E-state index in [1.807, 2.05) is 0 Å². The van der Waals surface area contributed by atoms with Gasteiger partial charge in [0.25, 0.3) is 0 Å². The molecule has 0 amide bonds. The van der Waals surface area contributed by atoms with E-state index in [9.17, 15) is 0 Å². The van der Waals surface area contributed by atoms with Gasteiger partial charge < -0.3 is 4.90 Å². The summed E-state index contributed by atoms with van der Waals surface area (Å²) in [5.74, 6) is 5.68. The van der Waals surface area contributed by atoms with Gasteiger partial charge in [-0.15, -0.1) is 11.7 Å². The molecule has 3 nitrogen and oxygen atoms in total. The number of piperidine rings is 3. The van der Waals surface area contributed by atoms with Gasteiger partial charge in [-0.3, -0.25) is 9.80 Å². The van der Waals surface area contributed by atoms with E-state index in [0.29, 0.717) is 22.3 Å². The molecule has 0 spiro atoms. The predicted octanol–water partition coefficient (Wildman–Crippen LogP) is 10.2. The van der Waals surface area contributed by atoms with Crippen LogP contribution in [0.4, 0.5) is 0 Å². The van der Waals surface area contributed by atoms with Crippen molar-refractivity contribution in [3.63, 3.8) is 0 Å². The van der Waals surface area contributed by atoms with Gasteiger partial charge in [0, 0.05) is 48.3 Å². The fourth-order valence-corrected chi connectivity index (χ4v) is 13.4. The average Bonchev–Trinajstić information content (AvgIpc) is 3.08. The van der Waals surface area contributed by atoms with Gasteiger partial charge in [0.1, 0.15) is 0 Å².